The van der Waals surface area contributed by atoms with E-state index in [1.807, 2.05) is 13.0 Å². The van der Waals surface area contributed by atoms with Gasteiger partial charge in [-0.05, 0) is 37.3 Å². The summed E-state index contributed by atoms with van der Waals surface area (Å²) >= 11 is 0. The van der Waals surface area contributed by atoms with Crippen LogP contribution in [0.3, 0.4) is 0 Å². The van der Waals surface area contributed by atoms with Gasteiger partial charge in [0.1, 0.15) is 0 Å². The number of aryl methyl sites for hydroxylation is 1. The molecule has 0 aliphatic carbocycles. The van der Waals surface area contributed by atoms with Gasteiger partial charge in [-0.15, -0.1) is 5.10 Å². The maximum absolute atomic E-state index is 12.1. The molecule has 0 aliphatic heterocycles. The third kappa shape index (κ3) is 2.42. The summed E-state index contributed by atoms with van der Waals surface area (Å²) in [5.41, 5.74) is 1.94. The highest BCUT2D eigenvalue weighted by Gasteiger charge is 2.14. The first-order valence-corrected chi connectivity index (χ1v) is 6.17. The summed E-state index contributed by atoms with van der Waals surface area (Å²) in [6.07, 6.45) is 1.61. The minimum Gasteiger partial charge on any atom is -0.319 e. The van der Waals surface area contributed by atoms with Gasteiger partial charge in [0.2, 0.25) is 5.82 Å². The Kier molecular flexibility index (Phi) is 3.04. The number of hydrogen-bond donors (Lipinski definition) is 1. The van der Waals surface area contributed by atoms with Crippen LogP contribution < -0.4 is 5.32 Å². The zero-order chi connectivity index (χ0) is 14.8. The monoisotopic (exact) mass is 278 g/mol. The second-order valence-corrected chi connectivity index (χ2v) is 4.38. The molecule has 3 aromatic rings. The lowest BCUT2D eigenvalue weighted by molar-refractivity contribution is 0.101. The Morgan fingerprint density at radius 2 is 2.05 bits per heavy atom. The third-order valence-electron chi connectivity index (χ3n) is 2.90. The molecular formula is C14H10N6O. The Morgan fingerprint density at radius 1 is 1.29 bits per heavy atom. The van der Waals surface area contributed by atoms with Gasteiger partial charge in [0.05, 0.1) is 11.6 Å². The molecule has 2 heterocycles. The SMILES string of the molecule is Cc1ccnc2nc(C(=O)Nc3ccc(C#N)cc3)nn12. The summed E-state index contributed by atoms with van der Waals surface area (Å²) in [7, 11) is 0. The van der Waals surface area contributed by atoms with E-state index in [2.05, 4.69) is 20.4 Å². The van der Waals surface area contributed by atoms with Crippen molar-refractivity contribution in [3.63, 3.8) is 0 Å². The Balaban J connectivity index is 1.86. The molecule has 2 aromatic heterocycles. The van der Waals surface area contributed by atoms with E-state index in [9.17, 15) is 4.79 Å². The maximum atomic E-state index is 12.1. The van der Waals surface area contributed by atoms with Crippen LogP contribution in [-0.4, -0.2) is 25.5 Å². The van der Waals surface area contributed by atoms with Crippen LogP contribution in [-0.2, 0) is 0 Å². The number of carbonyl (C=O) groups excluding carboxylic acids is 1. The van der Waals surface area contributed by atoms with E-state index in [0.29, 0.717) is 17.0 Å². The van der Waals surface area contributed by atoms with Crippen LogP contribution in [0.15, 0.2) is 36.5 Å². The minimum absolute atomic E-state index is 0.0427. The molecule has 7 heteroatoms. The summed E-state index contributed by atoms with van der Waals surface area (Å²) in [5.74, 6) is -0.00857. The number of nitrogens with one attached hydrogen (secondary N) is 1. The average molecular weight is 278 g/mol. The van der Waals surface area contributed by atoms with E-state index in [1.165, 1.54) is 4.52 Å². The van der Waals surface area contributed by atoms with Crippen molar-refractivity contribution in [1.82, 2.24) is 19.6 Å². The second kappa shape index (κ2) is 5.02. The summed E-state index contributed by atoms with van der Waals surface area (Å²) in [4.78, 5) is 20.2. The van der Waals surface area contributed by atoms with Gasteiger partial charge < -0.3 is 5.32 Å². The number of nitriles is 1. The van der Waals surface area contributed by atoms with Crippen LogP contribution in [0, 0.1) is 18.3 Å². The normalized spacial score (nSPS) is 10.3. The van der Waals surface area contributed by atoms with Gasteiger partial charge >= 0.3 is 0 Å². The number of rotatable bonds is 2. The van der Waals surface area contributed by atoms with Crippen molar-refractivity contribution < 1.29 is 4.79 Å². The molecule has 0 unspecified atom stereocenters. The molecule has 1 amide bonds. The van der Waals surface area contributed by atoms with E-state index in [1.54, 1.807) is 36.5 Å². The van der Waals surface area contributed by atoms with Gasteiger partial charge in [-0.3, -0.25) is 4.79 Å². The molecule has 0 radical (unpaired) electrons. The molecule has 21 heavy (non-hydrogen) atoms. The molecule has 0 atom stereocenters. The summed E-state index contributed by atoms with van der Waals surface area (Å²) in [6.45, 7) is 1.85. The molecule has 0 bridgehead atoms. The van der Waals surface area contributed by atoms with Crippen LogP contribution in [0.25, 0.3) is 5.78 Å². The molecule has 1 N–H and O–H groups in total. The fourth-order valence-corrected chi connectivity index (χ4v) is 1.82. The Hall–Kier alpha value is -3.27. The molecule has 0 fully saturated rings. The lowest BCUT2D eigenvalue weighted by atomic mass is 10.2. The highest BCUT2D eigenvalue weighted by atomic mass is 16.2. The van der Waals surface area contributed by atoms with Crippen molar-refractivity contribution >= 4 is 17.4 Å². The Labute approximate surface area is 119 Å². The Morgan fingerprint density at radius 3 is 2.71 bits per heavy atom. The maximum Gasteiger partial charge on any atom is 0.295 e. The zero-order valence-corrected chi connectivity index (χ0v) is 11.1. The van der Waals surface area contributed by atoms with E-state index in [4.69, 9.17) is 5.26 Å². The zero-order valence-electron chi connectivity index (χ0n) is 11.1. The smallest absolute Gasteiger partial charge is 0.295 e. The molecule has 102 valence electrons. The third-order valence-corrected chi connectivity index (χ3v) is 2.90. The van der Waals surface area contributed by atoms with Crippen molar-refractivity contribution in [2.45, 2.75) is 6.92 Å². The van der Waals surface area contributed by atoms with Crippen LogP contribution >= 0.6 is 0 Å². The summed E-state index contributed by atoms with van der Waals surface area (Å²) < 4.78 is 1.51. The van der Waals surface area contributed by atoms with Crippen LogP contribution in [0.2, 0.25) is 0 Å². The minimum atomic E-state index is -0.426. The number of fused-ring (bicyclic) bond motifs is 1. The number of aromatic nitrogens is 4. The first-order chi connectivity index (χ1) is 10.2. The van der Waals surface area contributed by atoms with Gasteiger partial charge in [-0.1, -0.05) is 0 Å². The van der Waals surface area contributed by atoms with Crippen LogP contribution in [0.4, 0.5) is 5.69 Å². The van der Waals surface area contributed by atoms with E-state index < -0.39 is 5.91 Å². The first-order valence-electron chi connectivity index (χ1n) is 6.17. The van der Waals surface area contributed by atoms with Gasteiger partial charge in [0, 0.05) is 17.6 Å². The average Bonchev–Trinajstić information content (AvgIpc) is 2.94. The number of nitrogens with zero attached hydrogens (tertiary/aromatic N) is 5. The number of carbonyl (C=O) groups is 1. The molecule has 7 nitrogen and oxygen atoms in total. The van der Waals surface area contributed by atoms with Gasteiger partial charge in [-0.2, -0.15) is 10.2 Å². The van der Waals surface area contributed by atoms with Gasteiger partial charge in [0.25, 0.3) is 11.7 Å². The van der Waals surface area contributed by atoms with Crippen molar-refractivity contribution in [2.75, 3.05) is 5.32 Å². The second-order valence-electron chi connectivity index (χ2n) is 4.38. The van der Waals surface area contributed by atoms with Crippen LogP contribution in [0.1, 0.15) is 21.9 Å². The standard InChI is InChI=1S/C14H10N6O/c1-9-6-7-16-14-18-12(19-20(9)14)13(21)17-11-4-2-10(8-15)3-5-11/h2-7H,1H3,(H,17,21). The van der Waals surface area contributed by atoms with Crippen LogP contribution in [0.5, 0.6) is 0 Å². The van der Waals surface area contributed by atoms with Crippen molar-refractivity contribution in [3.05, 3.63) is 53.6 Å². The highest BCUT2D eigenvalue weighted by Crippen LogP contribution is 2.10. The van der Waals surface area contributed by atoms with E-state index >= 15 is 0 Å². The van der Waals surface area contributed by atoms with Gasteiger partial charge in [0.15, 0.2) is 0 Å². The lowest BCUT2D eigenvalue weighted by Gasteiger charge is -2.01. The number of anilines is 1. The number of amides is 1. The molecule has 0 spiro atoms. The number of benzene rings is 1. The van der Waals surface area contributed by atoms with Crippen molar-refractivity contribution in [2.24, 2.45) is 0 Å². The predicted octanol–water partition coefficient (Wildman–Crippen LogP) is 1.56. The summed E-state index contributed by atoms with van der Waals surface area (Å²) in [5, 5.41) is 15.5. The largest absolute Gasteiger partial charge is 0.319 e. The van der Waals surface area contributed by atoms with Gasteiger partial charge in [-0.25, -0.2) is 9.50 Å². The topological polar surface area (TPSA) is 96.0 Å². The molecule has 3 rings (SSSR count). The summed E-state index contributed by atoms with van der Waals surface area (Å²) in [6, 6.07) is 10.3. The van der Waals surface area contributed by atoms with E-state index in [0.717, 1.165) is 5.69 Å². The molecular weight excluding hydrogens is 268 g/mol. The number of hydrogen-bond acceptors (Lipinski definition) is 5. The van der Waals surface area contributed by atoms with Crippen molar-refractivity contribution in [3.8, 4) is 6.07 Å². The molecule has 0 saturated heterocycles. The lowest BCUT2D eigenvalue weighted by Crippen LogP contribution is -2.14. The first kappa shape index (κ1) is 12.7. The molecule has 0 aliphatic rings. The molecule has 1 aromatic carbocycles. The van der Waals surface area contributed by atoms with E-state index in [-0.39, 0.29) is 5.82 Å². The highest BCUT2D eigenvalue weighted by molar-refractivity contribution is 6.01. The quantitative estimate of drug-likeness (QED) is 0.767. The molecule has 0 saturated carbocycles. The fourth-order valence-electron chi connectivity index (χ4n) is 1.82. The Bertz CT molecular complexity index is 859. The van der Waals surface area contributed by atoms with Crippen molar-refractivity contribution in [1.29, 1.82) is 5.26 Å². The predicted molar refractivity (Wildman–Crippen MR) is 74.6 cm³/mol. The fraction of sp³-hybridized carbons (Fsp3) is 0.0714.